The summed E-state index contributed by atoms with van der Waals surface area (Å²) in [6, 6.07) is 6.31. The monoisotopic (exact) mass is 276 g/mol. The number of rotatable bonds is 2. The minimum Gasteiger partial charge on any atom is -0.372 e. The lowest BCUT2D eigenvalue weighted by Crippen LogP contribution is -2.57. The molecule has 0 N–H and O–H groups in total. The number of likely N-dealkylation sites (tertiary alicyclic amines) is 1. The normalized spacial score (nSPS) is 35.0. The molecule has 102 valence electrons. The lowest BCUT2D eigenvalue weighted by atomic mass is 9.64. The smallest absolute Gasteiger partial charge is 0.110 e. The van der Waals surface area contributed by atoms with Gasteiger partial charge in [0.25, 0.3) is 0 Å². The van der Waals surface area contributed by atoms with Gasteiger partial charge in [0.1, 0.15) is 16.5 Å². The summed E-state index contributed by atoms with van der Waals surface area (Å²) in [7, 11) is 4.06. The summed E-state index contributed by atoms with van der Waals surface area (Å²) >= 11 is 1.62. The van der Waals surface area contributed by atoms with Crippen LogP contribution in [0.15, 0.2) is 12.1 Å². The third-order valence-electron chi connectivity index (χ3n) is 4.82. The summed E-state index contributed by atoms with van der Waals surface area (Å²) in [5, 5.41) is 9.06. The Bertz CT molecular complexity index is 490. The van der Waals surface area contributed by atoms with Crippen LogP contribution in [0.4, 0.5) is 0 Å². The molecule has 0 radical (unpaired) electrons. The standard InChI is InChI=1S/C15H20N2OS/c1-17-9-11-4-3-5-12(10-17)15(11,18-2)14-7-6-13(8-16)19-14/h6-7,11-12H,3-5,9-10H2,1-2H3/t11-,12+,15-. The van der Waals surface area contributed by atoms with E-state index in [1.807, 2.05) is 13.2 Å². The maximum absolute atomic E-state index is 9.06. The van der Waals surface area contributed by atoms with Crippen molar-refractivity contribution in [1.82, 2.24) is 4.90 Å². The van der Waals surface area contributed by atoms with Crippen molar-refractivity contribution < 1.29 is 4.74 Å². The average Bonchev–Trinajstić information content (AvgIpc) is 2.87. The van der Waals surface area contributed by atoms with Crippen LogP contribution in [0, 0.1) is 23.2 Å². The zero-order valence-corrected chi connectivity index (χ0v) is 12.4. The van der Waals surface area contributed by atoms with Crippen LogP contribution in [-0.2, 0) is 10.3 Å². The molecule has 2 aliphatic rings. The quantitative estimate of drug-likeness (QED) is 0.833. The molecule has 2 bridgehead atoms. The van der Waals surface area contributed by atoms with Gasteiger partial charge in [-0.2, -0.15) is 5.26 Å². The topological polar surface area (TPSA) is 36.3 Å². The van der Waals surface area contributed by atoms with E-state index < -0.39 is 0 Å². The van der Waals surface area contributed by atoms with E-state index in [4.69, 9.17) is 10.00 Å². The first-order chi connectivity index (χ1) is 9.20. The highest BCUT2D eigenvalue weighted by Gasteiger charge is 2.53. The first-order valence-electron chi connectivity index (χ1n) is 6.94. The molecule has 2 fully saturated rings. The van der Waals surface area contributed by atoms with Crippen molar-refractivity contribution in [3.63, 3.8) is 0 Å². The lowest BCUT2D eigenvalue weighted by Gasteiger charge is -2.54. The molecule has 1 saturated heterocycles. The molecule has 1 aromatic heterocycles. The molecule has 1 aliphatic carbocycles. The Morgan fingerprint density at radius 3 is 2.58 bits per heavy atom. The van der Waals surface area contributed by atoms with E-state index in [0.29, 0.717) is 11.8 Å². The number of fused-ring (bicyclic) bond motifs is 2. The maximum Gasteiger partial charge on any atom is 0.110 e. The number of piperidine rings is 1. The number of nitrogens with zero attached hydrogens (tertiary/aromatic N) is 2. The molecular formula is C15H20N2OS. The Morgan fingerprint density at radius 1 is 1.37 bits per heavy atom. The summed E-state index contributed by atoms with van der Waals surface area (Å²) in [6.07, 6.45) is 3.77. The van der Waals surface area contributed by atoms with Crippen LogP contribution in [0.5, 0.6) is 0 Å². The molecule has 19 heavy (non-hydrogen) atoms. The molecule has 3 nitrogen and oxygen atoms in total. The van der Waals surface area contributed by atoms with Crippen LogP contribution in [0.2, 0.25) is 0 Å². The second-order valence-electron chi connectivity index (χ2n) is 5.82. The predicted molar refractivity (Wildman–Crippen MR) is 76.0 cm³/mol. The number of hydrogen-bond donors (Lipinski definition) is 0. The molecule has 4 heteroatoms. The largest absolute Gasteiger partial charge is 0.372 e. The minimum absolute atomic E-state index is 0.148. The molecule has 1 saturated carbocycles. The van der Waals surface area contributed by atoms with Gasteiger partial charge in [0.05, 0.1) is 0 Å². The van der Waals surface area contributed by atoms with Crippen molar-refractivity contribution in [1.29, 1.82) is 5.26 Å². The molecule has 0 aromatic carbocycles. The van der Waals surface area contributed by atoms with E-state index in [-0.39, 0.29) is 5.60 Å². The van der Waals surface area contributed by atoms with Gasteiger partial charge >= 0.3 is 0 Å². The number of nitriles is 1. The number of hydrogen-bond acceptors (Lipinski definition) is 4. The third-order valence-corrected chi connectivity index (χ3v) is 5.94. The molecule has 0 unspecified atom stereocenters. The van der Waals surface area contributed by atoms with E-state index in [2.05, 4.69) is 24.1 Å². The summed E-state index contributed by atoms with van der Waals surface area (Å²) < 4.78 is 6.11. The molecule has 1 aromatic rings. The summed E-state index contributed by atoms with van der Waals surface area (Å²) in [5.41, 5.74) is -0.148. The van der Waals surface area contributed by atoms with Gasteiger partial charge in [-0.05, 0) is 32.0 Å². The summed E-state index contributed by atoms with van der Waals surface area (Å²) in [6.45, 7) is 2.20. The molecule has 0 spiro atoms. The zero-order valence-electron chi connectivity index (χ0n) is 11.6. The Hall–Kier alpha value is -0.890. The lowest BCUT2D eigenvalue weighted by molar-refractivity contribution is -0.163. The molecule has 3 atom stereocenters. The molecule has 0 amide bonds. The predicted octanol–water partition coefficient (Wildman–Crippen LogP) is 2.82. The van der Waals surface area contributed by atoms with Crippen LogP contribution in [0.25, 0.3) is 0 Å². The van der Waals surface area contributed by atoms with Gasteiger partial charge in [-0.15, -0.1) is 11.3 Å². The van der Waals surface area contributed by atoms with Gasteiger partial charge in [-0.25, -0.2) is 0 Å². The molecule has 2 heterocycles. The van der Waals surface area contributed by atoms with Crippen LogP contribution in [0.1, 0.15) is 29.0 Å². The van der Waals surface area contributed by atoms with E-state index in [9.17, 15) is 0 Å². The molecule has 1 aliphatic heterocycles. The van der Waals surface area contributed by atoms with Gasteiger partial charge in [-0.1, -0.05) is 6.42 Å². The fourth-order valence-electron chi connectivity index (χ4n) is 4.10. The first kappa shape index (κ1) is 13.1. The van der Waals surface area contributed by atoms with Crippen LogP contribution < -0.4 is 0 Å². The summed E-state index contributed by atoms with van der Waals surface area (Å²) in [5.74, 6) is 1.11. The second kappa shape index (κ2) is 4.90. The Kier molecular flexibility index (Phi) is 3.38. The van der Waals surface area contributed by atoms with Crippen molar-refractivity contribution >= 4 is 11.3 Å². The van der Waals surface area contributed by atoms with Gasteiger partial charge < -0.3 is 9.64 Å². The fraction of sp³-hybridized carbons (Fsp3) is 0.667. The highest BCUT2D eigenvalue weighted by molar-refractivity contribution is 7.12. The third kappa shape index (κ3) is 1.92. The summed E-state index contributed by atoms with van der Waals surface area (Å²) in [4.78, 5) is 4.49. The van der Waals surface area contributed by atoms with Crippen LogP contribution in [0.3, 0.4) is 0 Å². The molecule has 3 rings (SSSR count). The van der Waals surface area contributed by atoms with Crippen molar-refractivity contribution in [3.05, 3.63) is 21.9 Å². The average molecular weight is 276 g/mol. The second-order valence-corrected chi connectivity index (χ2v) is 6.90. The van der Waals surface area contributed by atoms with E-state index in [0.717, 1.165) is 18.0 Å². The van der Waals surface area contributed by atoms with Crippen molar-refractivity contribution in [3.8, 4) is 6.07 Å². The van der Waals surface area contributed by atoms with E-state index >= 15 is 0 Å². The molecular weight excluding hydrogens is 256 g/mol. The highest BCUT2D eigenvalue weighted by Crippen LogP contribution is 2.52. The number of ether oxygens (including phenoxy) is 1. The van der Waals surface area contributed by atoms with E-state index in [1.54, 1.807) is 11.3 Å². The first-order valence-corrected chi connectivity index (χ1v) is 7.76. The zero-order chi connectivity index (χ0) is 13.5. The van der Waals surface area contributed by atoms with Crippen molar-refractivity contribution in [2.45, 2.75) is 24.9 Å². The number of methoxy groups -OCH3 is 1. The van der Waals surface area contributed by atoms with Gasteiger partial charge in [0.15, 0.2) is 0 Å². The van der Waals surface area contributed by atoms with Gasteiger partial charge in [-0.3, -0.25) is 0 Å². The van der Waals surface area contributed by atoms with Crippen molar-refractivity contribution in [2.75, 3.05) is 27.2 Å². The SMILES string of the molecule is CO[C@]1(c2ccc(C#N)s2)[C@@H]2CCC[C@H]1CN(C)C2. The van der Waals surface area contributed by atoms with Crippen molar-refractivity contribution in [2.24, 2.45) is 11.8 Å². The number of thiophene rings is 1. The Morgan fingerprint density at radius 2 is 2.05 bits per heavy atom. The fourth-order valence-corrected chi connectivity index (χ4v) is 5.23. The van der Waals surface area contributed by atoms with Crippen LogP contribution in [-0.4, -0.2) is 32.1 Å². The Balaban J connectivity index is 2.04. The van der Waals surface area contributed by atoms with Gasteiger partial charge in [0, 0.05) is 36.9 Å². The highest BCUT2D eigenvalue weighted by atomic mass is 32.1. The van der Waals surface area contributed by atoms with E-state index in [1.165, 1.54) is 24.1 Å². The Labute approximate surface area is 118 Å². The maximum atomic E-state index is 9.06. The van der Waals surface area contributed by atoms with Crippen LogP contribution >= 0.6 is 11.3 Å². The minimum atomic E-state index is -0.148. The van der Waals surface area contributed by atoms with Gasteiger partial charge in [0.2, 0.25) is 0 Å².